The number of amides is 1. The van der Waals surface area contributed by atoms with Crippen LogP contribution in [0.25, 0.3) is 0 Å². The maximum absolute atomic E-state index is 13.6. The third-order valence-corrected chi connectivity index (χ3v) is 14.1. The normalized spacial score (nSPS) is 46.7. The second kappa shape index (κ2) is 12.8. The van der Waals surface area contributed by atoms with Gasteiger partial charge in [-0.25, -0.2) is 0 Å². The van der Waals surface area contributed by atoms with Gasteiger partial charge in [-0.3, -0.25) is 14.4 Å². The number of thioether (sulfide) groups is 1. The molecule has 0 aromatic heterocycles. The number of ketones is 1. The fourth-order valence-electron chi connectivity index (χ4n) is 9.67. The summed E-state index contributed by atoms with van der Waals surface area (Å²) < 4.78 is 6.39. The van der Waals surface area contributed by atoms with Crippen LogP contribution in [0.1, 0.15) is 98.3 Å². The molecule has 4 saturated carbocycles. The first-order valence-electron chi connectivity index (χ1n) is 16.7. The molecule has 43 heavy (non-hydrogen) atoms. The summed E-state index contributed by atoms with van der Waals surface area (Å²) in [5.41, 5.74) is -1.52. The predicted molar refractivity (Wildman–Crippen MR) is 168 cm³/mol. The number of carbonyl (C=O) groups is 3. The van der Waals surface area contributed by atoms with E-state index in [0.29, 0.717) is 25.7 Å². The number of rotatable bonds is 7. The summed E-state index contributed by atoms with van der Waals surface area (Å²) in [5.74, 6) is -0.143. The number of carbonyl (C=O) groups excluding carboxylic acids is 3. The molecule has 5 rings (SSSR count). The number of nitrogens with one attached hydrogen (secondary N) is 2. The lowest BCUT2D eigenvalue weighted by Gasteiger charge is -2.61. The highest BCUT2D eigenvalue weighted by atomic mass is 32.2. The van der Waals surface area contributed by atoms with Crippen molar-refractivity contribution in [1.29, 1.82) is 0 Å². The summed E-state index contributed by atoms with van der Waals surface area (Å²) in [7, 11) is 0. The van der Waals surface area contributed by atoms with Crippen molar-refractivity contribution in [1.82, 2.24) is 10.6 Å². The number of hydrogen-bond acceptors (Lipinski definition) is 8. The molecule has 0 spiro atoms. The van der Waals surface area contributed by atoms with Crippen molar-refractivity contribution in [3.63, 3.8) is 0 Å². The fraction of sp³-hybridized carbons (Fsp3) is 0.853. The summed E-state index contributed by atoms with van der Waals surface area (Å²) in [4.78, 5) is 40.0. The zero-order chi connectivity index (χ0) is 31.2. The lowest BCUT2D eigenvalue weighted by molar-refractivity contribution is -0.205. The zero-order valence-electron chi connectivity index (χ0n) is 26.6. The van der Waals surface area contributed by atoms with Gasteiger partial charge in [-0.05, 0) is 81.6 Å². The molecule has 0 aromatic rings. The van der Waals surface area contributed by atoms with Gasteiger partial charge in [0.05, 0.1) is 24.0 Å². The molecule has 5 fully saturated rings. The first-order chi connectivity index (χ1) is 20.4. The quantitative estimate of drug-likeness (QED) is 0.248. The summed E-state index contributed by atoms with van der Waals surface area (Å²) in [6, 6.07) is -0.179. The van der Waals surface area contributed by atoms with E-state index in [1.54, 1.807) is 0 Å². The number of piperidine rings is 1. The molecule has 1 aliphatic heterocycles. The van der Waals surface area contributed by atoms with E-state index in [2.05, 4.69) is 38.0 Å². The molecule has 12 atom stereocenters. The third-order valence-electron chi connectivity index (χ3n) is 12.7. The Balaban J connectivity index is 1.29. The van der Waals surface area contributed by atoms with Gasteiger partial charge in [-0.2, -0.15) is 0 Å². The highest BCUT2D eigenvalue weighted by molar-refractivity contribution is 8.00. The summed E-state index contributed by atoms with van der Waals surface area (Å²) >= 11 is 1.40. The van der Waals surface area contributed by atoms with Crippen molar-refractivity contribution < 1.29 is 29.3 Å². The molecule has 9 heteroatoms. The molecule has 242 valence electrons. The van der Waals surface area contributed by atoms with E-state index in [-0.39, 0.29) is 63.9 Å². The predicted octanol–water partition coefficient (Wildman–Crippen LogP) is 4.17. The summed E-state index contributed by atoms with van der Waals surface area (Å²) in [5, 5.41) is 28.8. The first-order valence-corrected chi connectivity index (χ1v) is 17.8. The second-order valence-corrected chi connectivity index (χ2v) is 16.2. The Bertz CT molecular complexity index is 1080. The minimum atomic E-state index is -0.694. The van der Waals surface area contributed by atoms with Gasteiger partial charge in [0.25, 0.3) is 0 Å². The third kappa shape index (κ3) is 5.97. The van der Waals surface area contributed by atoms with Gasteiger partial charge < -0.3 is 25.6 Å². The fourth-order valence-corrected chi connectivity index (χ4v) is 10.8. The van der Waals surface area contributed by atoms with Crippen LogP contribution in [0.3, 0.4) is 0 Å². The molecule has 1 amide bonds. The number of aliphatic hydroxyl groups excluding tert-OH is 2. The van der Waals surface area contributed by atoms with Crippen molar-refractivity contribution in [2.24, 2.45) is 34.0 Å². The molecular weight excluding hydrogens is 564 g/mol. The number of esters is 1. The first kappa shape index (κ1) is 33.0. The van der Waals surface area contributed by atoms with Crippen molar-refractivity contribution >= 4 is 29.4 Å². The van der Waals surface area contributed by atoms with Crippen LogP contribution in [0.15, 0.2) is 12.7 Å². The molecule has 8 nitrogen and oxygen atoms in total. The molecule has 1 saturated heterocycles. The summed E-state index contributed by atoms with van der Waals surface area (Å²) in [6.07, 6.45) is 8.45. The maximum atomic E-state index is 13.6. The lowest BCUT2D eigenvalue weighted by atomic mass is 9.44. The number of aliphatic hydroxyl groups is 2. The van der Waals surface area contributed by atoms with Gasteiger partial charge in [0, 0.05) is 34.5 Å². The van der Waals surface area contributed by atoms with Crippen LogP contribution in [0, 0.1) is 34.0 Å². The van der Waals surface area contributed by atoms with E-state index in [1.165, 1.54) is 11.8 Å². The van der Waals surface area contributed by atoms with Crippen LogP contribution in [0.4, 0.5) is 0 Å². The van der Waals surface area contributed by atoms with E-state index in [0.717, 1.165) is 51.5 Å². The van der Waals surface area contributed by atoms with Crippen LogP contribution in [0.5, 0.6) is 0 Å². The van der Waals surface area contributed by atoms with Gasteiger partial charge in [-0.15, -0.1) is 18.3 Å². The Morgan fingerprint density at radius 3 is 2.60 bits per heavy atom. The topological polar surface area (TPSA) is 125 Å². The lowest BCUT2D eigenvalue weighted by Crippen LogP contribution is -2.63. The maximum Gasteiger partial charge on any atom is 0.316 e. The summed E-state index contributed by atoms with van der Waals surface area (Å²) in [6.45, 7) is 13.4. The van der Waals surface area contributed by atoms with E-state index < -0.39 is 29.1 Å². The van der Waals surface area contributed by atoms with Crippen molar-refractivity contribution in [3.05, 3.63) is 12.7 Å². The molecule has 0 radical (unpaired) electrons. The average Bonchev–Trinajstić information content (AvgIpc) is 3.36. The second-order valence-electron chi connectivity index (χ2n) is 15.0. The van der Waals surface area contributed by atoms with Crippen LogP contribution in [-0.4, -0.2) is 75.8 Å². The number of hydrogen-bond donors (Lipinski definition) is 4. The molecule has 0 aromatic carbocycles. The Morgan fingerprint density at radius 1 is 1.14 bits per heavy atom. The SMILES string of the molecule is C=C[C@]1(C)C[C@@H](OC(=O)CS[C@H]2C[C@@H](NC(=O)[C@H]3CCCCN3)CC[C@H]2O)[C@]2(C)C(C)CCC3(CCC(=O)[C@H]32)[C@@H](C)[C@@H]1O. The molecule has 4 aliphatic carbocycles. The Hall–Kier alpha value is -1.42. The van der Waals surface area contributed by atoms with Crippen molar-refractivity contribution in [2.75, 3.05) is 12.3 Å². The standard InChI is InChI=1S/C34H54N2O6S/c1-6-32(4)18-27(33(5)20(2)12-14-34(21(3)30(32)40)15-13-25(38)29(33)34)42-28(39)19-43-26-17-22(10-11-24(26)37)36-31(41)23-9-7-8-16-35-23/h6,20-24,26-27,29-30,35,37,40H,1,7-19H2,2-5H3,(H,36,41)/t20?,21-,22-,23+,24+,26-,27+,29-,30-,32+,33-,34?/m0/s1. The van der Waals surface area contributed by atoms with Crippen LogP contribution >= 0.6 is 11.8 Å². The van der Waals surface area contributed by atoms with E-state index in [4.69, 9.17) is 4.74 Å². The largest absolute Gasteiger partial charge is 0.461 e. The van der Waals surface area contributed by atoms with Gasteiger partial charge in [0.15, 0.2) is 0 Å². The van der Waals surface area contributed by atoms with Crippen LogP contribution in [-0.2, 0) is 19.1 Å². The van der Waals surface area contributed by atoms with Gasteiger partial charge in [-0.1, -0.05) is 40.2 Å². The highest BCUT2D eigenvalue weighted by Crippen LogP contribution is 2.68. The smallest absolute Gasteiger partial charge is 0.316 e. The Kier molecular flexibility index (Phi) is 9.78. The van der Waals surface area contributed by atoms with E-state index in [1.807, 2.05) is 13.0 Å². The highest BCUT2D eigenvalue weighted by Gasteiger charge is 2.68. The number of Topliss-reactive ketones (excluding diaryl/α,β-unsaturated/α-hetero) is 1. The molecular formula is C34H54N2O6S. The van der Waals surface area contributed by atoms with Crippen molar-refractivity contribution in [3.8, 4) is 0 Å². The van der Waals surface area contributed by atoms with E-state index in [9.17, 15) is 24.6 Å². The molecule has 4 N–H and O–H groups in total. The molecule has 2 bridgehead atoms. The monoisotopic (exact) mass is 618 g/mol. The van der Waals surface area contributed by atoms with Crippen LogP contribution in [0.2, 0.25) is 0 Å². The molecule has 1 heterocycles. The van der Waals surface area contributed by atoms with Gasteiger partial charge >= 0.3 is 5.97 Å². The van der Waals surface area contributed by atoms with Crippen LogP contribution < -0.4 is 10.6 Å². The van der Waals surface area contributed by atoms with Gasteiger partial charge in [0.2, 0.25) is 5.91 Å². The average molecular weight is 619 g/mol. The van der Waals surface area contributed by atoms with E-state index >= 15 is 0 Å². The molecule has 5 aliphatic rings. The molecule has 2 unspecified atom stereocenters. The Morgan fingerprint density at radius 2 is 1.91 bits per heavy atom. The van der Waals surface area contributed by atoms with Crippen molar-refractivity contribution in [2.45, 2.75) is 134 Å². The minimum absolute atomic E-state index is 0.0287. The van der Waals surface area contributed by atoms with Gasteiger partial charge in [0.1, 0.15) is 11.9 Å². The Labute approximate surface area is 261 Å². The number of ether oxygens (including phenoxy) is 1. The minimum Gasteiger partial charge on any atom is -0.461 e. The zero-order valence-corrected chi connectivity index (χ0v) is 27.4.